The number of carbonyl (C=O) groups excluding carboxylic acids is 1. The highest BCUT2D eigenvalue weighted by atomic mass is 16.5. The van der Waals surface area contributed by atoms with Crippen LogP contribution in [0.15, 0.2) is 24.3 Å². The predicted octanol–water partition coefficient (Wildman–Crippen LogP) is 0.943. The van der Waals surface area contributed by atoms with Crippen LogP contribution >= 0.6 is 0 Å². The number of esters is 1. The van der Waals surface area contributed by atoms with Crippen LogP contribution in [0.25, 0.3) is 0 Å². The Bertz CT molecular complexity index is 364. The molecule has 0 aliphatic heterocycles. The molecule has 0 saturated carbocycles. The summed E-state index contributed by atoms with van der Waals surface area (Å²) in [6, 6.07) is 6.29. The maximum absolute atomic E-state index is 11.3. The summed E-state index contributed by atoms with van der Waals surface area (Å²) in [5, 5.41) is 18.0. The molecule has 0 aliphatic rings. The van der Waals surface area contributed by atoms with E-state index in [2.05, 4.69) is 4.74 Å². The Morgan fingerprint density at radius 3 is 2.82 bits per heavy atom. The lowest BCUT2D eigenvalue weighted by Crippen LogP contribution is -2.24. The van der Waals surface area contributed by atoms with Crippen LogP contribution in [-0.2, 0) is 9.53 Å². The van der Waals surface area contributed by atoms with E-state index in [4.69, 9.17) is 9.84 Å². The van der Waals surface area contributed by atoms with Gasteiger partial charge in [-0.05, 0) is 18.6 Å². The highest BCUT2D eigenvalue weighted by molar-refractivity contribution is 5.72. The highest BCUT2D eigenvalue weighted by Gasteiger charge is 2.19. The second-order valence-corrected chi connectivity index (χ2v) is 3.54. The van der Waals surface area contributed by atoms with Crippen molar-refractivity contribution in [3.63, 3.8) is 0 Å². The number of hydrogen-bond donors (Lipinski definition) is 2. The molecule has 1 aromatic carbocycles. The topological polar surface area (TPSA) is 76.0 Å². The van der Waals surface area contributed by atoms with Crippen molar-refractivity contribution < 1.29 is 24.5 Å². The van der Waals surface area contributed by atoms with Crippen molar-refractivity contribution in [2.45, 2.75) is 6.42 Å². The third kappa shape index (κ3) is 4.32. The summed E-state index contributed by atoms with van der Waals surface area (Å²) >= 11 is 0. The quantitative estimate of drug-likeness (QED) is 0.724. The number of carbonyl (C=O) groups is 1. The molecule has 1 unspecified atom stereocenters. The smallest absolute Gasteiger partial charge is 0.312 e. The first-order valence-corrected chi connectivity index (χ1v) is 5.28. The second-order valence-electron chi connectivity index (χ2n) is 3.54. The number of aromatic hydroxyl groups is 1. The summed E-state index contributed by atoms with van der Waals surface area (Å²) in [5.74, 6) is -0.359. The Labute approximate surface area is 99.6 Å². The molecule has 2 N–H and O–H groups in total. The molecule has 5 heteroatoms. The normalized spacial score (nSPS) is 11.9. The van der Waals surface area contributed by atoms with E-state index in [-0.39, 0.29) is 25.4 Å². The first-order valence-electron chi connectivity index (χ1n) is 5.28. The third-order valence-electron chi connectivity index (χ3n) is 2.28. The molecule has 0 aromatic heterocycles. The summed E-state index contributed by atoms with van der Waals surface area (Å²) in [7, 11) is 1.29. The standard InChI is InChI=1S/C12H16O5/c1-16-12(15)9(5-6-13)8-17-11-4-2-3-10(14)7-11/h2-4,7,9,13-14H,5-6,8H2,1H3. The van der Waals surface area contributed by atoms with Gasteiger partial charge in [0.25, 0.3) is 0 Å². The lowest BCUT2D eigenvalue weighted by Gasteiger charge is -2.14. The summed E-state index contributed by atoms with van der Waals surface area (Å²) in [4.78, 5) is 11.3. The fraction of sp³-hybridized carbons (Fsp3) is 0.417. The fourth-order valence-electron chi connectivity index (χ4n) is 1.36. The Hall–Kier alpha value is -1.75. The maximum Gasteiger partial charge on any atom is 0.312 e. The molecular weight excluding hydrogens is 224 g/mol. The number of benzene rings is 1. The molecule has 0 heterocycles. The Kier molecular flexibility index (Phi) is 5.29. The minimum Gasteiger partial charge on any atom is -0.508 e. The van der Waals surface area contributed by atoms with Gasteiger partial charge in [0.2, 0.25) is 0 Å². The zero-order valence-electron chi connectivity index (χ0n) is 9.63. The van der Waals surface area contributed by atoms with E-state index in [0.29, 0.717) is 5.75 Å². The molecule has 1 atom stereocenters. The molecule has 0 bridgehead atoms. The van der Waals surface area contributed by atoms with Crippen molar-refractivity contribution in [3.05, 3.63) is 24.3 Å². The number of aliphatic hydroxyl groups is 1. The van der Waals surface area contributed by atoms with Gasteiger partial charge in [-0.1, -0.05) is 6.07 Å². The molecule has 1 aromatic rings. The zero-order valence-corrected chi connectivity index (χ0v) is 9.63. The first kappa shape index (κ1) is 13.3. The summed E-state index contributed by atoms with van der Waals surface area (Å²) in [5.41, 5.74) is 0. The molecule has 94 valence electrons. The number of phenols is 1. The Morgan fingerprint density at radius 1 is 1.47 bits per heavy atom. The van der Waals surface area contributed by atoms with Crippen LogP contribution in [0.4, 0.5) is 0 Å². The summed E-state index contributed by atoms with van der Waals surface area (Å²) < 4.78 is 9.95. The average Bonchev–Trinajstić information content (AvgIpc) is 2.33. The number of hydrogen-bond acceptors (Lipinski definition) is 5. The van der Waals surface area contributed by atoms with E-state index in [1.807, 2.05) is 0 Å². The molecule has 0 spiro atoms. The van der Waals surface area contributed by atoms with Crippen LogP contribution in [0, 0.1) is 5.92 Å². The molecule has 0 amide bonds. The zero-order chi connectivity index (χ0) is 12.7. The van der Waals surface area contributed by atoms with Crippen molar-refractivity contribution in [2.24, 2.45) is 5.92 Å². The second kappa shape index (κ2) is 6.75. The van der Waals surface area contributed by atoms with Gasteiger partial charge < -0.3 is 19.7 Å². The average molecular weight is 240 g/mol. The molecule has 0 aliphatic carbocycles. The van der Waals surface area contributed by atoms with E-state index < -0.39 is 11.9 Å². The van der Waals surface area contributed by atoms with Crippen LogP contribution in [-0.4, -0.2) is 36.5 Å². The van der Waals surface area contributed by atoms with Gasteiger partial charge in [0.05, 0.1) is 13.0 Å². The van der Waals surface area contributed by atoms with Gasteiger partial charge in [0, 0.05) is 12.7 Å². The van der Waals surface area contributed by atoms with Gasteiger partial charge >= 0.3 is 5.97 Å². The van der Waals surface area contributed by atoms with Crippen molar-refractivity contribution in [1.29, 1.82) is 0 Å². The van der Waals surface area contributed by atoms with Gasteiger partial charge in [-0.2, -0.15) is 0 Å². The lowest BCUT2D eigenvalue weighted by molar-refractivity contribution is -0.147. The Morgan fingerprint density at radius 2 is 2.24 bits per heavy atom. The number of aliphatic hydroxyl groups excluding tert-OH is 1. The van der Waals surface area contributed by atoms with Gasteiger partial charge in [-0.25, -0.2) is 0 Å². The van der Waals surface area contributed by atoms with Crippen LogP contribution < -0.4 is 4.74 Å². The summed E-state index contributed by atoms with van der Waals surface area (Å²) in [6.45, 7) is -0.000146. The van der Waals surface area contributed by atoms with E-state index in [9.17, 15) is 9.90 Å². The van der Waals surface area contributed by atoms with Gasteiger partial charge in [0.15, 0.2) is 0 Å². The van der Waals surface area contributed by atoms with Crippen molar-refractivity contribution in [1.82, 2.24) is 0 Å². The SMILES string of the molecule is COC(=O)C(CCO)COc1cccc(O)c1. The molecule has 0 saturated heterocycles. The van der Waals surface area contributed by atoms with Crippen molar-refractivity contribution in [2.75, 3.05) is 20.3 Å². The number of ether oxygens (including phenoxy) is 2. The van der Waals surface area contributed by atoms with E-state index >= 15 is 0 Å². The van der Waals surface area contributed by atoms with Gasteiger partial charge in [0.1, 0.15) is 18.1 Å². The molecule has 0 fully saturated rings. The molecule has 0 radical (unpaired) electrons. The third-order valence-corrected chi connectivity index (χ3v) is 2.28. The van der Waals surface area contributed by atoms with Crippen molar-refractivity contribution >= 4 is 5.97 Å². The van der Waals surface area contributed by atoms with E-state index in [1.165, 1.54) is 19.2 Å². The highest BCUT2D eigenvalue weighted by Crippen LogP contribution is 2.19. The van der Waals surface area contributed by atoms with Crippen LogP contribution in [0.5, 0.6) is 11.5 Å². The van der Waals surface area contributed by atoms with Gasteiger partial charge in [-0.15, -0.1) is 0 Å². The van der Waals surface area contributed by atoms with Gasteiger partial charge in [-0.3, -0.25) is 4.79 Å². The largest absolute Gasteiger partial charge is 0.508 e. The number of methoxy groups -OCH3 is 1. The molecule has 17 heavy (non-hydrogen) atoms. The number of rotatable bonds is 6. The monoisotopic (exact) mass is 240 g/mol. The lowest BCUT2D eigenvalue weighted by atomic mass is 10.1. The predicted molar refractivity (Wildman–Crippen MR) is 60.8 cm³/mol. The molecule has 5 nitrogen and oxygen atoms in total. The fourth-order valence-corrected chi connectivity index (χ4v) is 1.36. The van der Waals surface area contributed by atoms with E-state index in [0.717, 1.165) is 0 Å². The minimum atomic E-state index is -0.507. The van der Waals surface area contributed by atoms with Crippen molar-refractivity contribution in [3.8, 4) is 11.5 Å². The summed E-state index contributed by atoms with van der Waals surface area (Å²) in [6.07, 6.45) is 0.283. The first-order chi connectivity index (χ1) is 8.17. The van der Waals surface area contributed by atoms with Crippen LogP contribution in [0.1, 0.15) is 6.42 Å². The van der Waals surface area contributed by atoms with E-state index in [1.54, 1.807) is 12.1 Å². The molecule has 1 rings (SSSR count). The number of phenolic OH excluding ortho intramolecular Hbond substituents is 1. The van der Waals surface area contributed by atoms with Crippen LogP contribution in [0.3, 0.4) is 0 Å². The molecular formula is C12H16O5. The Balaban J connectivity index is 2.54. The van der Waals surface area contributed by atoms with Crippen LogP contribution in [0.2, 0.25) is 0 Å². The minimum absolute atomic E-state index is 0.0966. The maximum atomic E-state index is 11.3.